The number of carbonyl (C=O) groups excluding carboxylic acids is 2. The molecular formula is C36H38Cl2N6O3. The van der Waals surface area contributed by atoms with Gasteiger partial charge in [-0.05, 0) is 79.8 Å². The van der Waals surface area contributed by atoms with Gasteiger partial charge in [0.05, 0.1) is 36.4 Å². The third-order valence-electron chi connectivity index (χ3n) is 9.06. The number of nitriles is 1. The number of carbonyl (C=O) groups is 2. The summed E-state index contributed by atoms with van der Waals surface area (Å²) in [4.78, 5) is 40.7. The third kappa shape index (κ3) is 7.25. The van der Waals surface area contributed by atoms with Crippen LogP contribution in [0.15, 0.2) is 71.7 Å². The zero-order chi connectivity index (χ0) is 32.9. The van der Waals surface area contributed by atoms with E-state index in [1.807, 2.05) is 65.3 Å². The summed E-state index contributed by atoms with van der Waals surface area (Å²) < 4.78 is 6.02. The molecule has 0 unspecified atom stereocenters. The third-order valence-corrected chi connectivity index (χ3v) is 9.56. The van der Waals surface area contributed by atoms with Crippen molar-refractivity contribution in [2.75, 3.05) is 52.4 Å². The Bertz CT molecular complexity index is 1660. The average molecular weight is 674 g/mol. The first-order chi connectivity index (χ1) is 22.9. The monoisotopic (exact) mass is 672 g/mol. The van der Waals surface area contributed by atoms with E-state index in [1.165, 1.54) is 6.42 Å². The lowest BCUT2D eigenvalue weighted by Gasteiger charge is -2.39. The van der Waals surface area contributed by atoms with E-state index in [9.17, 15) is 14.9 Å². The van der Waals surface area contributed by atoms with Gasteiger partial charge in [-0.2, -0.15) is 5.26 Å². The van der Waals surface area contributed by atoms with E-state index in [2.05, 4.69) is 11.0 Å². The fraction of sp³-hybridized carbons (Fsp3) is 0.389. The molecule has 0 radical (unpaired) electrons. The van der Waals surface area contributed by atoms with E-state index in [4.69, 9.17) is 32.9 Å². The van der Waals surface area contributed by atoms with Crippen LogP contribution in [0.5, 0.6) is 5.75 Å². The maximum absolute atomic E-state index is 14.8. The van der Waals surface area contributed by atoms with Crippen LogP contribution in [-0.4, -0.2) is 89.8 Å². The van der Waals surface area contributed by atoms with Crippen LogP contribution >= 0.6 is 23.2 Å². The number of rotatable bonds is 7. The van der Waals surface area contributed by atoms with Crippen molar-refractivity contribution in [2.24, 2.45) is 4.99 Å². The molecule has 244 valence electrons. The van der Waals surface area contributed by atoms with Gasteiger partial charge in [-0.1, -0.05) is 47.5 Å². The van der Waals surface area contributed by atoms with E-state index < -0.39 is 12.1 Å². The molecule has 0 aliphatic carbocycles. The molecule has 0 aromatic heterocycles. The highest BCUT2D eigenvalue weighted by molar-refractivity contribution is 6.30. The molecule has 3 aromatic rings. The molecule has 3 aliphatic rings. The molecule has 6 rings (SSSR count). The first-order valence-electron chi connectivity index (χ1n) is 16.2. The summed E-state index contributed by atoms with van der Waals surface area (Å²) in [5.41, 5.74) is 2.85. The summed E-state index contributed by atoms with van der Waals surface area (Å²) in [5, 5.41) is 10.8. The molecule has 3 aliphatic heterocycles. The number of amides is 3. The van der Waals surface area contributed by atoms with Gasteiger partial charge in [-0.25, -0.2) is 4.79 Å². The molecule has 0 bridgehead atoms. The molecule has 3 amide bonds. The van der Waals surface area contributed by atoms with Crippen molar-refractivity contribution in [2.45, 2.75) is 38.3 Å². The van der Waals surface area contributed by atoms with E-state index in [-0.39, 0.29) is 11.9 Å². The van der Waals surface area contributed by atoms with Crippen molar-refractivity contribution in [1.82, 2.24) is 19.6 Å². The zero-order valence-corrected chi connectivity index (χ0v) is 28.0. The van der Waals surface area contributed by atoms with Crippen LogP contribution in [0.3, 0.4) is 0 Å². The molecule has 11 heteroatoms. The number of piperazine rings is 1. The number of amidine groups is 1. The number of ether oxygens (including phenoxy) is 1. The fourth-order valence-corrected chi connectivity index (χ4v) is 6.84. The Hall–Kier alpha value is -4.10. The Morgan fingerprint density at radius 2 is 1.49 bits per heavy atom. The first-order valence-corrected chi connectivity index (χ1v) is 17.0. The molecule has 2 fully saturated rings. The SMILES string of the molecule is CCOc1cc(C#N)ccc1C1=N[C@@H](c2ccc(Cl)cc2)[C@@H](c2ccc(Cl)cc2)N1C(=O)N1CCN(CC(=O)N2CCCCC2)CC1. The van der Waals surface area contributed by atoms with Crippen LogP contribution in [0.4, 0.5) is 4.79 Å². The lowest BCUT2D eigenvalue weighted by atomic mass is 9.93. The van der Waals surface area contributed by atoms with Gasteiger partial charge in [0.1, 0.15) is 17.6 Å². The lowest BCUT2D eigenvalue weighted by molar-refractivity contribution is -0.133. The van der Waals surface area contributed by atoms with E-state index >= 15 is 0 Å². The van der Waals surface area contributed by atoms with Gasteiger partial charge in [0.2, 0.25) is 5.91 Å². The van der Waals surface area contributed by atoms with Gasteiger partial charge in [-0.15, -0.1) is 0 Å². The molecule has 47 heavy (non-hydrogen) atoms. The maximum atomic E-state index is 14.8. The minimum atomic E-state index is -0.500. The summed E-state index contributed by atoms with van der Waals surface area (Å²) in [6.07, 6.45) is 3.30. The van der Waals surface area contributed by atoms with Crippen LogP contribution in [0.2, 0.25) is 10.0 Å². The average Bonchev–Trinajstić information content (AvgIpc) is 3.49. The molecule has 0 N–H and O–H groups in total. The molecular weight excluding hydrogens is 635 g/mol. The molecule has 9 nitrogen and oxygen atoms in total. The van der Waals surface area contributed by atoms with Crippen LogP contribution in [-0.2, 0) is 4.79 Å². The van der Waals surface area contributed by atoms with Crippen molar-refractivity contribution >= 4 is 41.0 Å². The number of hydrogen-bond acceptors (Lipinski definition) is 6. The Balaban J connectivity index is 1.35. The summed E-state index contributed by atoms with van der Waals surface area (Å²) in [5.74, 6) is 1.11. The van der Waals surface area contributed by atoms with Gasteiger partial charge in [-0.3, -0.25) is 19.6 Å². The Morgan fingerprint density at radius 1 is 0.851 bits per heavy atom. The van der Waals surface area contributed by atoms with Crippen molar-refractivity contribution in [3.05, 3.63) is 99.0 Å². The van der Waals surface area contributed by atoms with Crippen molar-refractivity contribution in [3.63, 3.8) is 0 Å². The molecule has 2 atom stereocenters. The van der Waals surface area contributed by atoms with Crippen molar-refractivity contribution < 1.29 is 14.3 Å². The standard InChI is InChI=1S/C36H38Cl2N6O3/c1-2-47-31-22-25(23-39)6-15-30(31)35-40-33(26-7-11-28(37)12-8-26)34(27-9-13-29(38)14-10-27)44(35)36(46)43-20-18-41(19-21-43)24-32(45)42-16-4-3-5-17-42/h6-15,22,33-34H,2-5,16-21,24H2,1H3/t33-,34+/m0/s1. The van der Waals surface area contributed by atoms with Gasteiger partial charge >= 0.3 is 6.03 Å². The normalized spacial score (nSPS) is 20.1. The first kappa shape index (κ1) is 32.8. The van der Waals surface area contributed by atoms with E-state index in [0.717, 1.165) is 37.1 Å². The number of piperidine rings is 1. The topological polar surface area (TPSA) is 92.5 Å². The minimum Gasteiger partial charge on any atom is -0.493 e. The number of halogens is 2. The minimum absolute atomic E-state index is 0.163. The van der Waals surface area contributed by atoms with Gasteiger partial charge in [0.25, 0.3) is 0 Å². The van der Waals surface area contributed by atoms with Crippen molar-refractivity contribution in [3.8, 4) is 11.8 Å². The Labute approximate surface area is 285 Å². The second-order valence-electron chi connectivity index (χ2n) is 12.1. The second-order valence-corrected chi connectivity index (χ2v) is 12.9. The molecule has 0 spiro atoms. The van der Waals surface area contributed by atoms with Crippen LogP contribution in [0, 0.1) is 11.3 Å². The van der Waals surface area contributed by atoms with Crippen LogP contribution in [0.25, 0.3) is 0 Å². The number of benzene rings is 3. The quantitative estimate of drug-likeness (QED) is 0.284. The number of aliphatic imine (C=N–C) groups is 1. The smallest absolute Gasteiger partial charge is 0.326 e. The highest BCUT2D eigenvalue weighted by Gasteiger charge is 2.45. The fourth-order valence-electron chi connectivity index (χ4n) is 6.59. The predicted molar refractivity (Wildman–Crippen MR) is 183 cm³/mol. The highest BCUT2D eigenvalue weighted by atomic mass is 35.5. The molecule has 2 saturated heterocycles. The molecule has 3 aromatic carbocycles. The summed E-state index contributed by atoms with van der Waals surface area (Å²) in [6, 6.07) is 21.3. The maximum Gasteiger partial charge on any atom is 0.326 e. The number of hydrogen-bond donors (Lipinski definition) is 0. The van der Waals surface area contributed by atoms with Gasteiger partial charge in [0.15, 0.2) is 0 Å². The predicted octanol–water partition coefficient (Wildman–Crippen LogP) is 6.56. The largest absolute Gasteiger partial charge is 0.493 e. The van der Waals surface area contributed by atoms with E-state index in [1.54, 1.807) is 23.1 Å². The lowest BCUT2D eigenvalue weighted by Crippen LogP contribution is -2.55. The Morgan fingerprint density at radius 3 is 2.11 bits per heavy atom. The second kappa shape index (κ2) is 14.8. The number of nitrogens with zero attached hydrogens (tertiary/aromatic N) is 6. The van der Waals surface area contributed by atoms with Crippen molar-refractivity contribution in [1.29, 1.82) is 5.26 Å². The van der Waals surface area contributed by atoms with Gasteiger partial charge < -0.3 is 14.5 Å². The number of urea groups is 1. The number of likely N-dealkylation sites (tertiary alicyclic amines) is 1. The van der Waals surface area contributed by atoms with Crippen LogP contribution < -0.4 is 4.74 Å². The zero-order valence-electron chi connectivity index (χ0n) is 26.4. The van der Waals surface area contributed by atoms with Gasteiger partial charge in [0, 0.05) is 49.3 Å². The van der Waals surface area contributed by atoms with E-state index in [0.29, 0.717) is 72.1 Å². The molecule has 0 saturated carbocycles. The summed E-state index contributed by atoms with van der Waals surface area (Å²) in [7, 11) is 0. The summed E-state index contributed by atoms with van der Waals surface area (Å²) >= 11 is 12.6. The highest BCUT2D eigenvalue weighted by Crippen LogP contribution is 2.45. The van der Waals surface area contributed by atoms with Crippen LogP contribution in [0.1, 0.15) is 60.5 Å². The Kier molecular flexibility index (Phi) is 10.3. The summed E-state index contributed by atoms with van der Waals surface area (Å²) in [6.45, 7) is 6.42. The molecule has 3 heterocycles.